The van der Waals surface area contributed by atoms with E-state index in [1.54, 1.807) is 4.90 Å². The van der Waals surface area contributed by atoms with Crippen molar-refractivity contribution < 1.29 is 9.59 Å². The van der Waals surface area contributed by atoms with Crippen LogP contribution >= 0.6 is 0 Å². The molecule has 2 fully saturated rings. The molecule has 2 amide bonds. The Morgan fingerprint density at radius 2 is 2.20 bits per heavy atom. The summed E-state index contributed by atoms with van der Waals surface area (Å²) >= 11 is 0. The number of aromatic amines is 1. The summed E-state index contributed by atoms with van der Waals surface area (Å²) in [5, 5.41) is 11.8. The number of nitriles is 1. The lowest BCUT2D eigenvalue weighted by Gasteiger charge is -2.43. The van der Waals surface area contributed by atoms with E-state index in [9.17, 15) is 9.59 Å². The number of aromatic nitrogens is 1. The van der Waals surface area contributed by atoms with Crippen molar-refractivity contribution in [3.05, 3.63) is 23.5 Å². The third-order valence-corrected chi connectivity index (χ3v) is 4.09. The molecule has 1 aromatic rings. The van der Waals surface area contributed by atoms with E-state index in [4.69, 9.17) is 5.26 Å². The largest absolute Gasteiger partial charge is 0.356 e. The van der Waals surface area contributed by atoms with Crippen LogP contribution < -0.4 is 5.32 Å². The fourth-order valence-electron chi connectivity index (χ4n) is 3.14. The lowest BCUT2D eigenvalue weighted by Crippen LogP contribution is -2.62. The predicted molar refractivity (Wildman–Crippen MR) is 70.7 cm³/mol. The van der Waals surface area contributed by atoms with E-state index in [-0.39, 0.29) is 30.4 Å². The average molecular weight is 272 g/mol. The molecule has 1 aliphatic carbocycles. The summed E-state index contributed by atoms with van der Waals surface area (Å²) in [6.07, 6.45) is 5.52. The molecule has 1 saturated carbocycles. The molecule has 1 saturated heterocycles. The van der Waals surface area contributed by atoms with Crippen molar-refractivity contribution in [1.82, 2.24) is 15.2 Å². The zero-order valence-corrected chi connectivity index (χ0v) is 11.1. The second-order valence-corrected chi connectivity index (χ2v) is 5.37. The molecule has 2 N–H and O–H groups in total. The van der Waals surface area contributed by atoms with Gasteiger partial charge in [0.15, 0.2) is 0 Å². The summed E-state index contributed by atoms with van der Waals surface area (Å²) in [5.41, 5.74) is 0.801. The molecule has 0 aromatic carbocycles. The Hall–Kier alpha value is -2.29. The van der Waals surface area contributed by atoms with Crippen molar-refractivity contribution in [1.29, 1.82) is 5.26 Å². The summed E-state index contributed by atoms with van der Waals surface area (Å²) in [7, 11) is 0. The molecular formula is C14H16N4O2. The molecule has 3 rings (SSSR count). The van der Waals surface area contributed by atoms with Crippen LogP contribution in [0.1, 0.15) is 41.7 Å². The minimum absolute atomic E-state index is 0.0688. The first kappa shape index (κ1) is 12.7. The topological polar surface area (TPSA) is 89.0 Å². The Morgan fingerprint density at radius 1 is 1.40 bits per heavy atom. The molecule has 0 radical (unpaired) electrons. The number of amides is 2. The molecular weight excluding hydrogens is 256 g/mol. The maximum Gasteiger partial charge on any atom is 0.271 e. The molecule has 6 heteroatoms. The quantitative estimate of drug-likeness (QED) is 0.791. The number of carbonyl (C=O) groups is 2. The lowest BCUT2D eigenvalue weighted by molar-refractivity contribution is -0.127. The highest BCUT2D eigenvalue weighted by Crippen LogP contribution is 2.26. The van der Waals surface area contributed by atoms with Crippen LogP contribution in [0.4, 0.5) is 0 Å². The van der Waals surface area contributed by atoms with Gasteiger partial charge in [-0.3, -0.25) is 9.59 Å². The third-order valence-electron chi connectivity index (χ3n) is 4.09. The van der Waals surface area contributed by atoms with Crippen molar-refractivity contribution in [3.63, 3.8) is 0 Å². The van der Waals surface area contributed by atoms with Gasteiger partial charge in [-0.15, -0.1) is 0 Å². The normalized spacial score (nSPS) is 25.6. The minimum Gasteiger partial charge on any atom is -0.356 e. The van der Waals surface area contributed by atoms with Crippen LogP contribution in [-0.4, -0.2) is 40.3 Å². The highest BCUT2D eigenvalue weighted by Gasteiger charge is 2.39. The van der Waals surface area contributed by atoms with Crippen molar-refractivity contribution in [2.24, 2.45) is 0 Å². The standard InChI is InChI=1S/C14H16N4O2/c15-6-9-5-11(16-7-9)14(20)18-8-13(19)17-10-3-1-2-4-12(10)18/h5,7,10,12,16H,1-4,8H2,(H,17,19)/t10-,12-/m0/s1. The van der Waals surface area contributed by atoms with Crippen LogP contribution in [0.25, 0.3) is 0 Å². The Labute approximate surface area is 116 Å². The fourth-order valence-corrected chi connectivity index (χ4v) is 3.14. The number of H-pyrrole nitrogens is 1. The molecule has 1 aliphatic heterocycles. The van der Waals surface area contributed by atoms with Crippen LogP contribution in [0.3, 0.4) is 0 Å². The van der Waals surface area contributed by atoms with Crippen LogP contribution in [-0.2, 0) is 4.79 Å². The Kier molecular flexibility index (Phi) is 3.18. The first-order valence-electron chi connectivity index (χ1n) is 6.88. The maximum atomic E-state index is 12.5. The van der Waals surface area contributed by atoms with E-state index in [2.05, 4.69) is 10.3 Å². The van der Waals surface area contributed by atoms with Gasteiger partial charge in [0.1, 0.15) is 18.3 Å². The number of fused-ring (bicyclic) bond motifs is 1. The van der Waals surface area contributed by atoms with Gasteiger partial charge in [0.05, 0.1) is 11.6 Å². The smallest absolute Gasteiger partial charge is 0.271 e. The molecule has 0 unspecified atom stereocenters. The van der Waals surface area contributed by atoms with Gasteiger partial charge in [0, 0.05) is 12.2 Å². The van der Waals surface area contributed by atoms with Gasteiger partial charge in [0.2, 0.25) is 5.91 Å². The van der Waals surface area contributed by atoms with Gasteiger partial charge in [-0.2, -0.15) is 5.26 Å². The summed E-state index contributed by atoms with van der Waals surface area (Å²) in [5.74, 6) is -0.299. The molecule has 6 nitrogen and oxygen atoms in total. The fraction of sp³-hybridized carbons (Fsp3) is 0.500. The average Bonchev–Trinajstić information content (AvgIpc) is 2.94. The Balaban J connectivity index is 1.84. The first-order chi connectivity index (χ1) is 9.69. The van der Waals surface area contributed by atoms with E-state index in [1.807, 2.05) is 6.07 Å². The van der Waals surface area contributed by atoms with Crippen molar-refractivity contribution in [2.75, 3.05) is 6.54 Å². The van der Waals surface area contributed by atoms with Crippen LogP contribution in [0, 0.1) is 11.3 Å². The number of nitrogens with zero attached hydrogens (tertiary/aromatic N) is 2. The highest BCUT2D eigenvalue weighted by molar-refractivity contribution is 5.96. The lowest BCUT2D eigenvalue weighted by atomic mass is 9.87. The van der Waals surface area contributed by atoms with Crippen molar-refractivity contribution in [3.8, 4) is 6.07 Å². The molecule has 0 bridgehead atoms. The Bertz CT molecular complexity index is 586. The number of nitrogens with one attached hydrogen (secondary N) is 2. The highest BCUT2D eigenvalue weighted by atomic mass is 16.2. The van der Waals surface area contributed by atoms with Gasteiger partial charge in [0.25, 0.3) is 5.91 Å². The van der Waals surface area contributed by atoms with Crippen LogP contribution in [0.5, 0.6) is 0 Å². The molecule has 0 spiro atoms. The number of hydrogen-bond donors (Lipinski definition) is 2. The molecule has 2 heterocycles. The van der Waals surface area contributed by atoms with Crippen molar-refractivity contribution >= 4 is 11.8 Å². The molecule has 20 heavy (non-hydrogen) atoms. The molecule has 2 atom stereocenters. The summed E-state index contributed by atoms with van der Waals surface area (Å²) in [6.45, 7) is 0.0981. The summed E-state index contributed by atoms with van der Waals surface area (Å²) < 4.78 is 0. The molecule has 1 aromatic heterocycles. The number of carbonyl (C=O) groups excluding carboxylic acids is 2. The SMILES string of the molecule is N#Cc1c[nH]c(C(=O)N2CC(=O)N[C@H]3CCCC[C@@H]32)c1. The van der Waals surface area contributed by atoms with Gasteiger partial charge < -0.3 is 15.2 Å². The van der Waals surface area contributed by atoms with Gasteiger partial charge >= 0.3 is 0 Å². The van der Waals surface area contributed by atoms with Gasteiger partial charge in [-0.1, -0.05) is 12.8 Å². The van der Waals surface area contributed by atoms with E-state index < -0.39 is 0 Å². The first-order valence-corrected chi connectivity index (χ1v) is 6.88. The number of piperazine rings is 1. The molecule has 2 aliphatic rings. The second-order valence-electron chi connectivity index (χ2n) is 5.37. The summed E-state index contributed by atoms with van der Waals surface area (Å²) in [6, 6.07) is 3.66. The third kappa shape index (κ3) is 2.16. The zero-order valence-electron chi connectivity index (χ0n) is 11.1. The van der Waals surface area contributed by atoms with Crippen molar-refractivity contribution in [2.45, 2.75) is 37.8 Å². The summed E-state index contributed by atoms with van der Waals surface area (Å²) in [4.78, 5) is 28.8. The zero-order chi connectivity index (χ0) is 14.1. The van der Waals surface area contributed by atoms with E-state index in [0.29, 0.717) is 11.3 Å². The minimum atomic E-state index is -0.196. The van der Waals surface area contributed by atoms with E-state index in [1.165, 1.54) is 12.3 Å². The van der Waals surface area contributed by atoms with Gasteiger partial charge in [-0.05, 0) is 18.9 Å². The van der Waals surface area contributed by atoms with Gasteiger partial charge in [-0.25, -0.2) is 0 Å². The number of hydrogen-bond acceptors (Lipinski definition) is 3. The monoisotopic (exact) mass is 272 g/mol. The van der Waals surface area contributed by atoms with Crippen LogP contribution in [0.2, 0.25) is 0 Å². The molecule has 104 valence electrons. The van der Waals surface area contributed by atoms with Crippen LogP contribution in [0.15, 0.2) is 12.3 Å². The second kappa shape index (κ2) is 5.00. The number of rotatable bonds is 1. The predicted octanol–water partition coefficient (Wildman–Crippen LogP) is 0.770. The maximum absolute atomic E-state index is 12.5. The Morgan fingerprint density at radius 3 is 2.95 bits per heavy atom. The van der Waals surface area contributed by atoms with E-state index in [0.717, 1.165) is 25.7 Å². The van der Waals surface area contributed by atoms with E-state index >= 15 is 0 Å².